The summed E-state index contributed by atoms with van der Waals surface area (Å²) < 4.78 is 39.6. The second-order valence-corrected chi connectivity index (χ2v) is 6.01. The van der Waals surface area contributed by atoms with Crippen molar-refractivity contribution in [1.29, 1.82) is 0 Å². The molecule has 1 amide bonds. The number of halogens is 3. The van der Waals surface area contributed by atoms with E-state index in [9.17, 15) is 22.8 Å². The summed E-state index contributed by atoms with van der Waals surface area (Å²) in [6, 6.07) is 1.34. The average Bonchev–Trinajstić information content (AvgIpc) is 2.40. The molecule has 1 fully saturated rings. The molecule has 2 atom stereocenters. The Morgan fingerprint density at radius 1 is 1.39 bits per heavy atom. The summed E-state index contributed by atoms with van der Waals surface area (Å²) in [6.45, 7) is 1.78. The number of aromatic nitrogens is 1. The van der Waals surface area contributed by atoms with Crippen LogP contribution in [0.2, 0.25) is 0 Å². The zero-order valence-electron chi connectivity index (χ0n) is 13.1. The highest BCUT2D eigenvalue weighted by molar-refractivity contribution is 5.76. The smallest absolute Gasteiger partial charge is 0.351 e. The molecule has 2 heterocycles. The number of carbonyl (C=O) groups excluding carboxylic acids is 1. The van der Waals surface area contributed by atoms with E-state index >= 15 is 0 Å². The molecule has 0 aliphatic carbocycles. The van der Waals surface area contributed by atoms with Crippen LogP contribution in [0.1, 0.15) is 18.4 Å². The Morgan fingerprint density at radius 2 is 2.09 bits per heavy atom. The summed E-state index contributed by atoms with van der Waals surface area (Å²) >= 11 is 0. The van der Waals surface area contributed by atoms with Gasteiger partial charge in [-0.2, -0.15) is 13.2 Å². The number of likely N-dealkylation sites (tertiary alicyclic amines) is 1. The Labute approximate surface area is 132 Å². The molecule has 1 N–H and O–H groups in total. The van der Waals surface area contributed by atoms with Gasteiger partial charge in [0.25, 0.3) is 5.56 Å². The maximum absolute atomic E-state index is 12.8. The van der Waals surface area contributed by atoms with Crippen molar-refractivity contribution in [2.75, 3.05) is 13.6 Å². The lowest BCUT2D eigenvalue weighted by atomic mass is 9.98. The second-order valence-electron chi connectivity index (χ2n) is 6.01. The van der Waals surface area contributed by atoms with Crippen LogP contribution < -0.4 is 10.9 Å². The number of alkyl halides is 3. The zero-order valence-corrected chi connectivity index (χ0v) is 13.1. The van der Waals surface area contributed by atoms with E-state index in [1.807, 2.05) is 0 Å². The van der Waals surface area contributed by atoms with Crippen molar-refractivity contribution in [3.05, 3.63) is 34.2 Å². The van der Waals surface area contributed by atoms with Gasteiger partial charge in [-0.3, -0.25) is 14.5 Å². The number of likely N-dealkylation sites (N-methyl/N-ethyl adjacent to an activating group) is 1. The first kappa shape index (κ1) is 17.5. The number of rotatable bonds is 3. The highest BCUT2D eigenvalue weighted by Crippen LogP contribution is 2.30. The van der Waals surface area contributed by atoms with E-state index in [1.165, 1.54) is 28.8 Å². The summed E-state index contributed by atoms with van der Waals surface area (Å²) in [5, 5.41) is 2.70. The van der Waals surface area contributed by atoms with Crippen LogP contribution in [0.4, 0.5) is 13.2 Å². The molecular weight excluding hydrogens is 311 g/mol. The van der Waals surface area contributed by atoms with Crippen molar-refractivity contribution < 1.29 is 18.0 Å². The molecule has 23 heavy (non-hydrogen) atoms. The fraction of sp³-hybridized carbons (Fsp3) is 0.600. The van der Waals surface area contributed by atoms with Crippen LogP contribution in [0, 0.1) is 6.92 Å². The molecule has 5 nitrogen and oxygen atoms in total. The summed E-state index contributed by atoms with van der Waals surface area (Å²) in [5.74, 6) is -0.375. The first-order chi connectivity index (χ1) is 10.7. The number of hydrogen-bond acceptors (Lipinski definition) is 3. The van der Waals surface area contributed by atoms with Crippen molar-refractivity contribution in [2.24, 2.45) is 0 Å². The van der Waals surface area contributed by atoms with Crippen LogP contribution in [-0.2, 0) is 11.3 Å². The van der Waals surface area contributed by atoms with Crippen LogP contribution in [0.15, 0.2) is 23.1 Å². The molecule has 0 radical (unpaired) electrons. The molecule has 0 bridgehead atoms. The van der Waals surface area contributed by atoms with E-state index in [0.717, 1.165) is 5.56 Å². The number of nitrogens with zero attached hydrogens (tertiary/aromatic N) is 2. The van der Waals surface area contributed by atoms with E-state index < -0.39 is 12.2 Å². The molecule has 128 valence electrons. The largest absolute Gasteiger partial charge is 0.404 e. The maximum atomic E-state index is 12.8. The monoisotopic (exact) mass is 331 g/mol. The van der Waals surface area contributed by atoms with Crippen molar-refractivity contribution >= 4 is 5.91 Å². The van der Waals surface area contributed by atoms with Gasteiger partial charge in [-0.05, 0) is 38.4 Å². The average molecular weight is 331 g/mol. The number of carbonyl (C=O) groups is 1. The van der Waals surface area contributed by atoms with E-state index in [1.54, 1.807) is 13.0 Å². The number of amides is 1. The number of aryl methyl sites for hydroxylation is 1. The number of piperidine rings is 1. The lowest BCUT2D eigenvalue weighted by Gasteiger charge is -2.38. The number of hydrogen-bond donors (Lipinski definition) is 1. The molecule has 2 rings (SSSR count). The fourth-order valence-corrected chi connectivity index (χ4v) is 2.84. The van der Waals surface area contributed by atoms with Gasteiger partial charge in [0.1, 0.15) is 12.6 Å². The molecule has 0 aromatic carbocycles. The Hall–Kier alpha value is -1.83. The van der Waals surface area contributed by atoms with Crippen LogP contribution in [0.3, 0.4) is 0 Å². The zero-order chi connectivity index (χ0) is 17.2. The standard InChI is InChI=1S/C15H20F3N3O2/c1-10-5-6-21(14(23)7-10)9-13(22)19-11-3-4-12(15(16,17)18)20(2)8-11/h5-7,11-12H,3-4,8-9H2,1-2H3,(H,19,22). The predicted molar refractivity (Wildman–Crippen MR) is 79.1 cm³/mol. The van der Waals surface area contributed by atoms with Crippen molar-refractivity contribution in [3.63, 3.8) is 0 Å². The molecule has 1 aliphatic heterocycles. The molecular formula is C15H20F3N3O2. The highest BCUT2D eigenvalue weighted by Gasteiger charge is 2.44. The van der Waals surface area contributed by atoms with Crippen LogP contribution in [0.5, 0.6) is 0 Å². The topological polar surface area (TPSA) is 54.3 Å². The first-order valence-corrected chi connectivity index (χ1v) is 7.40. The van der Waals surface area contributed by atoms with Gasteiger partial charge in [0, 0.05) is 24.8 Å². The van der Waals surface area contributed by atoms with Crippen molar-refractivity contribution in [3.8, 4) is 0 Å². The van der Waals surface area contributed by atoms with Gasteiger partial charge in [0.15, 0.2) is 0 Å². The van der Waals surface area contributed by atoms with E-state index in [0.29, 0.717) is 0 Å². The molecule has 0 saturated carbocycles. The Kier molecular flexibility index (Phi) is 5.13. The Bertz CT molecular complexity index is 627. The third-order valence-electron chi connectivity index (χ3n) is 4.04. The second kappa shape index (κ2) is 6.74. The third-order valence-corrected chi connectivity index (χ3v) is 4.04. The van der Waals surface area contributed by atoms with Crippen LogP contribution >= 0.6 is 0 Å². The molecule has 0 spiro atoms. The molecule has 1 aromatic rings. The SMILES string of the molecule is Cc1ccn(CC(=O)NC2CCC(C(F)(F)F)N(C)C2)c(=O)c1. The lowest BCUT2D eigenvalue weighted by Crippen LogP contribution is -2.55. The number of nitrogens with one attached hydrogen (secondary N) is 1. The fourth-order valence-electron chi connectivity index (χ4n) is 2.84. The van der Waals surface area contributed by atoms with Crippen LogP contribution in [-0.4, -0.2) is 47.2 Å². The minimum Gasteiger partial charge on any atom is -0.351 e. The summed E-state index contributed by atoms with van der Waals surface area (Å²) in [6.07, 6.45) is -2.50. The van der Waals surface area contributed by atoms with Crippen molar-refractivity contribution in [2.45, 2.75) is 44.6 Å². The molecule has 1 aromatic heterocycles. The third kappa shape index (κ3) is 4.57. The van der Waals surface area contributed by atoms with Gasteiger partial charge in [0.2, 0.25) is 5.91 Å². The van der Waals surface area contributed by atoms with Gasteiger partial charge in [-0.15, -0.1) is 0 Å². The number of pyridine rings is 1. The minimum absolute atomic E-state index is 0.0462. The Morgan fingerprint density at radius 3 is 2.65 bits per heavy atom. The summed E-state index contributed by atoms with van der Waals surface area (Å²) in [4.78, 5) is 24.9. The maximum Gasteiger partial charge on any atom is 0.404 e. The van der Waals surface area contributed by atoms with Crippen LogP contribution in [0.25, 0.3) is 0 Å². The van der Waals surface area contributed by atoms with Crippen molar-refractivity contribution in [1.82, 2.24) is 14.8 Å². The summed E-state index contributed by atoms with van der Waals surface area (Å²) in [7, 11) is 1.40. The molecule has 2 unspecified atom stereocenters. The van der Waals surface area contributed by atoms with Gasteiger partial charge < -0.3 is 9.88 Å². The normalized spacial score (nSPS) is 22.8. The van der Waals surface area contributed by atoms with E-state index in [2.05, 4.69) is 5.32 Å². The molecule has 1 saturated heterocycles. The van der Waals surface area contributed by atoms with Gasteiger partial charge >= 0.3 is 6.18 Å². The van der Waals surface area contributed by atoms with Gasteiger partial charge in [0.05, 0.1) is 0 Å². The lowest BCUT2D eigenvalue weighted by molar-refractivity contribution is -0.188. The molecule has 8 heteroatoms. The molecule has 1 aliphatic rings. The van der Waals surface area contributed by atoms with E-state index in [-0.39, 0.29) is 43.4 Å². The Balaban J connectivity index is 1.91. The predicted octanol–water partition coefficient (Wildman–Crippen LogP) is 1.30. The van der Waals surface area contributed by atoms with E-state index in [4.69, 9.17) is 0 Å². The van der Waals surface area contributed by atoms with Gasteiger partial charge in [-0.1, -0.05) is 0 Å². The first-order valence-electron chi connectivity index (χ1n) is 7.40. The summed E-state index contributed by atoms with van der Waals surface area (Å²) in [5.41, 5.74) is 0.525. The van der Waals surface area contributed by atoms with Gasteiger partial charge in [-0.25, -0.2) is 0 Å². The minimum atomic E-state index is -4.25. The quantitative estimate of drug-likeness (QED) is 0.908. The highest BCUT2D eigenvalue weighted by atomic mass is 19.4.